The Hall–Kier alpha value is -0.610. The van der Waals surface area contributed by atoms with Crippen molar-refractivity contribution < 1.29 is 9.53 Å². The maximum Gasteiger partial charge on any atom is 0.323 e. The van der Waals surface area contributed by atoms with E-state index in [2.05, 4.69) is 23.9 Å². The molecule has 1 fully saturated rings. The van der Waals surface area contributed by atoms with Crippen molar-refractivity contribution in [3.8, 4) is 0 Å². The molecule has 1 unspecified atom stereocenters. The van der Waals surface area contributed by atoms with Gasteiger partial charge in [-0.05, 0) is 46.4 Å². The summed E-state index contributed by atoms with van der Waals surface area (Å²) < 4.78 is 4.86. The van der Waals surface area contributed by atoms with Crippen molar-refractivity contribution >= 4 is 5.97 Å². The van der Waals surface area contributed by atoms with Crippen LogP contribution in [-0.4, -0.2) is 62.7 Å². The largest absolute Gasteiger partial charge is 0.468 e. The van der Waals surface area contributed by atoms with Crippen LogP contribution in [0.5, 0.6) is 0 Å². The van der Waals surface area contributed by atoms with Gasteiger partial charge < -0.3 is 9.64 Å². The third kappa shape index (κ3) is 4.10. The SMILES string of the molecule is COC(=O)C1CCCCN1CCCN(C)C. The Bertz CT molecular complexity index is 219. The van der Waals surface area contributed by atoms with Crippen LogP contribution in [0.4, 0.5) is 0 Å². The Kier molecular flexibility index (Phi) is 5.77. The van der Waals surface area contributed by atoms with Gasteiger partial charge in [-0.1, -0.05) is 6.42 Å². The quantitative estimate of drug-likeness (QED) is 0.656. The van der Waals surface area contributed by atoms with E-state index in [-0.39, 0.29) is 12.0 Å². The minimum absolute atomic E-state index is 0.000845. The fourth-order valence-electron chi connectivity index (χ4n) is 2.25. The van der Waals surface area contributed by atoms with Crippen molar-refractivity contribution in [2.45, 2.75) is 31.7 Å². The molecule has 0 saturated carbocycles. The highest BCUT2D eigenvalue weighted by molar-refractivity contribution is 5.75. The molecule has 0 spiro atoms. The summed E-state index contributed by atoms with van der Waals surface area (Å²) in [5.41, 5.74) is 0. The summed E-state index contributed by atoms with van der Waals surface area (Å²) in [6, 6.07) is 0.000845. The average molecular weight is 228 g/mol. The number of esters is 1. The van der Waals surface area contributed by atoms with E-state index in [9.17, 15) is 4.79 Å². The van der Waals surface area contributed by atoms with E-state index in [1.807, 2.05) is 0 Å². The molecule has 1 saturated heterocycles. The van der Waals surface area contributed by atoms with Crippen molar-refractivity contribution in [1.29, 1.82) is 0 Å². The van der Waals surface area contributed by atoms with Crippen molar-refractivity contribution in [2.24, 2.45) is 0 Å². The Labute approximate surface area is 98.5 Å². The molecule has 0 N–H and O–H groups in total. The second-order valence-electron chi connectivity index (χ2n) is 4.73. The zero-order chi connectivity index (χ0) is 12.0. The van der Waals surface area contributed by atoms with E-state index in [0.717, 1.165) is 38.9 Å². The van der Waals surface area contributed by atoms with Crippen LogP contribution in [0.2, 0.25) is 0 Å². The molecule has 0 radical (unpaired) electrons. The molecule has 94 valence electrons. The van der Waals surface area contributed by atoms with Gasteiger partial charge in [0.1, 0.15) is 6.04 Å². The number of carbonyl (C=O) groups is 1. The minimum atomic E-state index is -0.0652. The molecule has 0 bridgehead atoms. The van der Waals surface area contributed by atoms with Crippen LogP contribution in [0, 0.1) is 0 Å². The topological polar surface area (TPSA) is 32.8 Å². The van der Waals surface area contributed by atoms with Gasteiger partial charge in [-0.3, -0.25) is 9.69 Å². The van der Waals surface area contributed by atoms with Crippen LogP contribution in [0.25, 0.3) is 0 Å². The summed E-state index contributed by atoms with van der Waals surface area (Å²) in [5.74, 6) is -0.0652. The summed E-state index contributed by atoms with van der Waals surface area (Å²) in [5, 5.41) is 0. The first-order valence-electron chi connectivity index (χ1n) is 6.11. The van der Waals surface area contributed by atoms with Crippen molar-refractivity contribution in [1.82, 2.24) is 9.80 Å². The van der Waals surface area contributed by atoms with E-state index in [1.54, 1.807) is 0 Å². The lowest BCUT2D eigenvalue weighted by atomic mass is 10.0. The molecule has 1 heterocycles. The van der Waals surface area contributed by atoms with Crippen LogP contribution in [0.1, 0.15) is 25.7 Å². The summed E-state index contributed by atoms with van der Waals surface area (Å²) in [6.07, 6.45) is 4.41. The van der Waals surface area contributed by atoms with E-state index in [1.165, 1.54) is 13.5 Å². The van der Waals surface area contributed by atoms with Gasteiger partial charge in [-0.15, -0.1) is 0 Å². The fourth-order valence-corrected chi connectivity index (χ4v) is 2.25. The Morgan fingerprint density at radius 1 is 1.44 bits per heavy atom. The molecule has 1 rings (SSSR count). The summed E-state index contributed by atoms with van der Waals surface area (Å²) in [4.78, 5) is 16.1. The van der Waals surface area contributed by atoms with Gasteiger partial charge in [0, 0.05) is 6.54 Å². The highest BCUT2D eigenvalue weighted by atomic mass is 16.5. The molecule has 0 amide bonds. The highest BCUT2D eigenvalue weighted by Gasteiger charge is 2.28. The number of carbonyl (C=O) groups excluding carboxylic acids is 1. The van der Waals surface area contributed by atoms with Gasteiger partial charge in [-0.25, -0.2) is 0 Å². The molecule has 0 aromatic carbocycles. The molecule has 0 aromatic heterocycles. The zero-order valence-electron chi connectivity index (χ0n) is 10.7. The van der Waals surface area contributed by atoms with Gasteiger partial charge in [0.15, 0.2) is 0 Å². The van der Waals surface area contributed by atoms with Gasteiger partial charge in [0.05, 0.1) is 7.11 Å². The summed E-state index contributed by atoms with van der Waals surface area (Å²) >= 11 is 0. The van der Waals surface area contributed by atoms with Gasteiger partial charge >= 0.3 is 5.97 Å². The highest BCUT2D eigenvalue weighted by Crippen LogP contribution is 2.18. The molecule has 16 heavy (non-hydrogen) atoms. The average Bonchev–Trinajstić information content (AvgIpc) is 2.28. The lowest BCUT2D eigenvalue weighted by molar-refractivity contribution is -0.148. The second-order valence-corrected chi connectivity index (χ2v) is 4.73. The Balaban J connectivity index is 2.38. The molecular formula is C12H24N2O2. The van der Waals surface area contributed by atoms with Crippen LogP contribution < -0.4 is 0 Å². The van der Waals surface area contributed by atoms with Gasteiger partial charge in [0.25, 0.3) is 0 Å². The van der Waals surface area contributed by atoms with Crippen LogP contribution >= 0.6 is 0 Å². The van der Waals surface area contributed by atoms with Crippen molar-refractivity contribution in [2.75, 3.05) is 40.8 Å². The molecule has 4 nitrogen and oxygen atoms in total. The first kappa shape index (κ1) is 13.5. The van der Waals surface area contributed by atoms with Crippen molar-refractivity contribution in [3.05, 3.63) is 0 Å². The number of likely N-dealkylation sites (tertiary alicyclic amines) is 1. The third-order valence-electron chi connectivity index (χ3n) is 3.14. The molecular weight excluding hydrogens is 204 g/mol. The standard InChI is InChI=1S/C12H24N2O2/c1-13(2)8-6-10-14-9-5-4-7-11(14)12(15)16-3/h11H,4-10H2,1-3H3. The van der Waals surface area contributed by atoms with Crippen LogP contribution in [0.3, 0.4) is 0 Å². The Morgan fingerprint density at radius 2 is 2.19 bits per heavy atom. The predicted octanol–water partition coefficient (Wildman–Crippen LogP) is 0.966. The monoisotopic (exact) mass is 228 g/mol. The molecule has 1 aliphatic rings. The summed E-state index contributed by atoms with van der Waals surface area (Å²) in [7, 11) is 5.64. The minimum Gasteiger partial charge on any atom is -0.468 e. The van der Waals surface area contributed by atoms with E-state index < -0.39 is 0 Å². The normalized spacial score (nSPS) is 22.4. The Morgan fingerprint density at radius 3 is 2.81 bits per heavy atom. The van der Waals surface area contributed by atoms with Crippen LogP contribution in [0.15, 0.2) is 0 Å². The number of ether oxygens (including phenoxy) is 1. The van der Waals surface area contributed by atoms with Crippen LogP contribution in [-0.2, 0) is 9.53 Å². The number of rotatable bonds is 5. The lowest BCUT2D eigenvalue weighted by Gasteiger charge is -2.33. The molecule has 1 aliphatic heterocycles. The van der Waals surface area contributed by atoms with Gasteiger partial charge in [0.2, 0.25) is 0 Å². The number of hydrogen-bond acceptors (Lipinski definition) is 4. The number of piperidine rings is 1. The molecule has 4 heteroatoms. The number of nitrogens with zero attached hydrogens (tertiary/aromatic N) is 2. The van der Waals surface area contributed by atoms with E-state index in [4.69, 9.17) is 4.74 Å². The first-order valence-corrected chi connectivity index (χ1v) is 6.11. The number of methoxy groups -OCH3 is 1. The number of hydrogen-bond donors (Lipinski definition) is 0. The zero-order valence-corrected chi connectivity index (χ0v) is 10.7. The lowest BCUT2D eigenvalue weighted by Crippen LogP contribution is -2.46. The second kappa shape index (κ2) is 6.86. The van der Waals surface area contributed by atoms with E-state index >= 15 is 0 Å². The first-order chi connectivity index (χ1) is 7.65. The molecule has 0 aliphatic carbocycles. The van der Waals surface area contributed by atoms with E-state index in [0.29, 0.717) is 0 Å². The molecule has 0 aromatic rings. The predicted molar refractivity (Wildman–Crippen MR) is 64.4 cm³/mol. The fraction of sp³-hybridized carbons (Fsp3) is 0.917. The smallest absolute Gasteiger partial charge is 0.323 e. The van der Waals surface area contributed by atoms with Crippen molar-refractivity contribution in [3.63, 3.8) is 0 Å². The summed E-state index contributed by atoms with van der Waals surface area (Å²) in [6.45, 7) is 3.11. The third-order valence-corrected chi connectivity index (χ3v) is 3.14. The maximum atomic E-state index is 11.6. The maximum absolute atomic E-state index is 11.6. The molecule has 1 atom stereocenters. The van der Waals surface area contributed by atoms with Gasteiger partial charge in [-0.2, -0.15) is 0 Å².